The summed E-state index contributed by atoms with van der Waals surface area (Å²) < 4.78 is 16.7. The van der Waals surface area contributed by atoms with Gasteiger partial charge in [0.1, 0.15) is 13.2 Å². The van der Waals surface area contributed by atoms with Gasteiger partial charge in [0, 0.05) is 19.3 Å². The molecule has 0 radical (unpaired) electrons. The van der Waals surface area contributed by atoms with Crippen molar-refractivity contribution in [2.45, 2.75) is 200 Å². The lowest BCUT2D eigenvalue weighted by atomic mass is 10.1. The highest BCUT2D eigenvalue weighted by molar-refractivity contribution is 5.71. The first-order valence-corrected chi connectivity index (χ1v) is 24.0. The van der Waals surface area contributed by atoms with Crippen LogP contribution in [0.15, 0.2) is 109 Å². The van der Waals surface area contributed by atoms with Crippen LogP contribution in [-0.2, 0) is 28.6 Å². The third kappa shape index (κ3) is 45.2. The first-order chi connectivity index (χ1) is 29.5. The normalized spacial score (nSPS) is 13.1. The van der Waals surface area contributed by atoms with Crippen LogP contribution in [0, 0.1) is 0 Å². The van der Waals surface area contributed by atoms with E-state index >= 15 is 0 Å². The zero-order valence-electron chi connectivity index (χ0n) is 38.4. The van der Waals surface area contributed by atoms with Crippen molar-refractivity contribution in [1.29, 1.82) is 0 Å². The molecule has 0 aromatic heterocycles. The molecule has 6 heteroatoms. The maximum atomic E-state index is 12.7. The summed E-state index contributed by atoms with van der Waals surface area (Å²) in [7, 11) is 0. The fourth-order valence-corrected chi connectivity index (χ4v) is 6.06. The summed E-state index contributed by atoms with van der Waals surface area (Å²) in [6, 6.07) is 0. The predicted octanol–water partition coefficient (Wildman–Crippen LogP) is 15.6. The van der Waals surface area contributed by atoms with E-state index < -0.39 is 6.10 Å². The van der Waals surface area contributed by atoms with Gasteiger partial charge in [0.15, 0.2) is 6.10 Å². The van der Waals surface area contributed by atoms with Gasteiger partial charge in [0.05, 0.1) is 0 Å². The van der Waals surface area contributed by atoms with Gasteiger partial charge in [-0.3, -0.25) is 14.4 Å². The van der Waals surface area contributed by atoms with E-state index in [2.05, 4.69) is 93.7 Å². The minimum absolute atomic E-state index is 0.107. The van der Waals surface area contributed by atoms with Crippen LogP contribution in [0.1, 0.15) is 194 Å². The van der Waals surface area contributed by atoms with Crippen LogP contribution in [0.2, 0.25) is 0 Å². The number of allylic oxidation sites excluding steroid dienone is 18. The molecule has 0 saturated heterocycles. The second-order valence-electron chi connectivity index (χ2n) is 15.5. The summed E-state index contributed by atoms with van der Waals surface area (Å²) >= 11 is 0. The summed E-state index contributed by atoms with van der Waals surface area (Å²) in [5.41, 5.74) is 0. The minimum atomic E-state index is -0.806. The van der Waals surface area contributed by atoms with Gasteiger partial charge in [0.25, 0.3) is 0 Å². The molecule has 0 amide bonds. The van der Waals surface area contributed by atoms with E-state index in [0.29, 0.717) is 25.7 Å². The van der Waals surface area contributed by atoms with Crippen molar-refractivity contribution in [2.75, 3.05) is 13.2 Å². The third-order valence-electron chi connectivity index (χ3n) is 9.65. The minimum Gasteiger partial charge on any atom is -0.462 e. The second-order valence-corrected chi connectivity index (χ2v) is 15.5. The fourth-order valence-electron chi connectivity index (χ4n) is 6.06. The van der Waals surface area contributed by atoms with Crippen molar-refractivity contribution in [3.63, 3.8) is 0 Å². The van der Waals surface area contributed by atoms with Crippen LogP contribution >= 0.6 is 0 Å². The second kappa shape index (κ2) is 47.7. The molecule has 0 aliphatic heterocycles. The van der Waals surface area contributed by atoms with Crippen LogP contribution in [0.25, 0.3) is 0 Å². The quantitative estimate of drug-likeness (QED) is 0.0201. The number of rotatable bonds is 41. The summed E-state index contributed by atoms with van der Waals surface area (Å²) in [5.74, 6) is -0.988. The number of unbranched alkanes of at least 4 members (excludes halogenated alkanes) is 18. The predicted molar refractivity (Wildman–Crippen MR) is 256 cm³/mol. The van der Waals surface area contributed by atoms with E-state index in [4.69, 9.17) is 14.2 Å². The Morgan fingerprint density at radius 2 is 0.717 bits per heavy atom. The number of hydrogen-bond donors (Lipinski definition) is 0. The first kappa shape index (κ1) is 56.1. The Morgan fingerprint density at radius 1 is 0.350 bits per heavy atom. The van der Waals surface area contributed by atoms with Gasteiger partial charge in [-0.2, -0.15) is 0 Å². The monoisotopic (exact) mass is 831 g/mol. The van der Waals surface area contributed by atoms with Gasteiger partial charge in [-0.25, -0.2) is 0 Å². The zero-order chi connectivity index (χ0) is 43.7. The van der Waals surface area contributed by atoms with Gasteiger partial charge in [-0.15, -0.1) is 0 Å². The van der Waals surface area contributed by atoms with Crippen molar-refractivity contribution in [3.8, 4) is 0 Å². The number of carbonyl (C=O) groups is 3. The smallest absolute Gasteiger partial charge is 0.306 e. The Balaban J connectivity index is 4.46. The molecule has 1 unspecified atom stereocenters. The summed E-state index contributed by atoms with van der Waals surface area (Å²) in [6.07, 6.45) is 63.6. The van der Waals surface area contributed by atoms with Crippen molar-refractivity contribution in [3.05, 3.63) is 109 Å². The Hall–Kier alpha value is -3.93. The maximum absolute atomic E-state index is 12.7. The Bertz CT molecular complexity index is 1280. The summed E-state index contributed by atoms with van der Waals surface area (Å²) in [6.45, 7) is 6.30. The fraction of sp³-hybridized carbons (Fsp3) is 0.611. The molecule has 0 heterocycles. The molecule has 0 bridgehead atoms. The molecular formula is C54H86O6. The summed E-state index contributed by atoms with van der Waals surface area (Å²) in [5, 5.41) is 0. The highest BCUT2D eigenvalue weighted by Crippen LogP contribution is 2.13. The SMILES string of the molecule is CC\C=C/C=C\C=C/CCCCCCCCCC(=O)OC(COC(=O)CCC/C=C\CCCCCC)COC(=O)CCCCCCC\C=C/C=C\C=C/C=C\C=C/CCC. The van der Waals surface area contributed by atoms with Crippen molar-refractivity contribution >= 4 is 17.9 Å². The highest BCUT2D eigenvalue weighted by atomic mass is 16.6. The zero-order valence-corrected chi connectivity index (χ0v) is 38.4. The van der Waals surface area contributed by atoms with Crippen LogP contribution in [0.4, 0.5) is 0 Å². The van der Waals surface area contributed by atoms with Crippen molar-refractivity contribution in [1.82, 2.24) is 0 Å². The van der Waals surface area contributed by atoms with E-state index in [0.717, 1.165) is 96.3 Å². The van der Waals surface area contributed by atoms with Gasteiger partial charge in [-0.1, -0.05) is 207 Å². The van der Waals surface area contributed by atoms with E-state index in [1.165, 1.54) is 51.4 Å². The Kier molecular flexibility index (Phi) is 44.6. The molecule has 1 atom stereocenters. The van der Waals surface area contributed by atoms with E-state index in [1.807, 2.05) is 36.5 Å². The lowest BCUT2D eigenvalue weighted by Crippen LogP contribution is -2.30. The molecule has 0 aliphatic carbocycles. The van der Waals surface area contributed by atoms with Crippen LogP contribution < -0.4 is 0 Å². The molecule has 0 aliphatic rings. The number of esters is 3. The third-order valence-corrected chi connectivity index (χ3v) is 9.65. The molecule has 0 aromatic rings. The highest BCUT2D eigenvalue weighted by Gasteiger charge is 2.19. The molecule has 0 spiro atoms. The van der Waals surface area contributed by atoms with Gasteiger partial charge in [-0.05, 0) is 77.0 Å². The topological polar surface area (TPSA) is 78.9 Å². The number of carbonyl (C=O) groups excluding carboxylic acids is 3. The number of ether oxygens (including phenoxy) is 3. The average molecular weight is 831 g/mol. The van der Waals surface area contributed by atoms with Crippen LogP contribution in [0.5, 0.6) is 0 Å². The lowest BCUT2D eigenvalue weighted by molar-refractivity contribution is -0.167. The van der Waals surface area contributed by atoms with Gasteiger partial charge >= 0.3 is 17.9 Å². The lowest BCUT2D eigenvalue weighted by Gasteiger charge is -2.18. The maximum Gasteiger partial charge on any atom is 0.306 e. The van der Waals surface area contributed by atoms with Crippen LogP contribution in [0.3, 0.4) is 0 Å². The van der Waals surface area contributed by atoms with Gasteiger partial charge < -0.3 is 14.2 Å². The van der Waals surface area contributed by atoms with Gasteiger partial charge in [0.2, 0.25) is 0 Å². The first-order valence-electron chi connectivity index (χ1n) is 24.0. The molecule has 0 aromatic carbocycles. The Morgan fingerprint density at radius 3 is 1.20 bits per heavy atom. The molecular weight excluding hydrogens is 745 g/mol. The molecule has 0 rings (SSSR count). The van der Waals surface area contributed by atoms with E-state index in [-0.39, 0.29) is 31.1 Å². The average Bonchev–Trinajstić information content (AvgIpc) is 3.24. The van der Waals surface area contributed by atoms with Crippen molar-refractivity contribution < 1.29 is 28.6 Å². The molecule has 338 valence electrons. The molecule has 0 fully saturated rings. The standard InChI is InChI=1S/C54H86O6/c1-4-7-10-13-16-19-21-23-25-26-27-29-30-32-35-38-41-44-47-53(56)59-50-51(49-58-52(55)46-43-40-37-34-18-15-12-9-6-3)60-54(57)48-45-42-39-36-33-31-28-24-22-20-17-14-11-8-5-2/h8,10-11,13-14,16-17,19-23,25-27,29,34,37,51H,4-7,9,12,15,18,24,28,30-33,35-36,38-50H2,1-3H3/b11-8-,13-10-,17-14-,19-16-,22-20-,23-21-,26-25-,29-27-,37-34-. The van der Waals surface area contributed by atoms with E-state index in [9.17, 15) is 14.4 Å². The molecule has 60 heavy (non-hydrogen) atoms. The van der Waals surface area contributed by atoms with Crippen molar-refractivity contribution in [2.24, 2.45) is 0 Å². The summed E-state index contributed by atoms with van der Waals surface area (Å²) in [4.78, 5) is 37.8. The molecule has 0 saturated carbocycles. The molecule has 0 N–H and O–H groups in total. The molecule has 6 nitrogen and oxygen atoms in total. The number of hydrogen-bond acceptors (Lipinski definition) is 6. The Labute approximate surface area is 368 Å². The van der Waals surface area contributed by atoms with Crippen LogP contribution in [-0.4, -0.2) is 37.2 Å². The largest absolute Gasteiger partial charge is 0.462 e. The van der Waals surface area contributed by atoms with E-state index in [1.54, 1.807) is 0 Å².